The third-order valence-electron chi connectivity index (χ3n) is 3.99. The first kappa shape index (κ1) is 17.2. The molecular weight excluding hydrogens is 352 g/mol. The number of hydrogen-bond acceptors (Lipinski definition) is 4. The van der Waals surface area contributed by atoms with Gasteiger partial charge in [-0.3, -0.25) is 9.55 Å². The molecule has 0 saturated carbocycles. The summed E-state index contributed by atoms with van der Waals surface area (Å²) in [4.78, 5) is 4.22. The van der Waals surface area contributed by atoms with E-state index in [2.05, 4.69) is 56.2 Å². The van der Waals surface area contributed by atoms with Gasteiger partial charge in [-0.1, -0.05) is 72.4 Å². The second-order valence-corrected chi connectivity index (χ2v) is 6.83. The average molecular weight is 370 g/mol. The Bertz CT molecular complexity index is 1010. The van der Waals surface area contributed by atoms with E-state index >= 15 is 0 Å². The lowest BCUT2D eigenvalue weighted by Gasteiger charge is -2.09. The topological polar surface area (TPSA) is 43.6 Å². The molecule has 0 unspecified atom stereocenters. The van der Waals surface area contributed by atoms with Crippen LogP contribution in [0.2, 0.25) is 0 Å². The van der Waals surface area contributed by atoms with Crippen molar-refractivity contribution in [3.63, 3.8) is 0 Å². The van der Waals surface area contributed by atoms with E-state index in [1.165, 1.54) is 5.56 Å². The molecule has 0 amide bonds. The summed E-state index contributed by atoms with van der Waals surface area (Å²) < 4.78 is 2.08. The maximum atomic E-state index is 4.43. The van der Waals surface area contributed by atoms with E-state index in [9.17, 15) is 0 Å². The minimum Gasteiger partial charge on any atom is -0.270 e. The lowest BCUT2D eigenvalue weighted by molar-refractivity contribution is 0.887. The number of nitrogens with zero attached hydrogens (tertiary/aromatic N) is 4. The lowest BCUT2D eigenvalue weighted by Crippen LogP contribution is -1.99. The fourth-order valence-corrected chi connectivity index (χ4v) is 3.49. The van der Waals surface area contributed by atoms with Crippen molar-refractivity contribution in [3.05, 3.63) is 96.8 Å². The average Bonchev–Trinajstić information content (AvgIpc) is 3.17. The number of benzene rings is 2. The van der Waals surface area contributed by atoms with E-state index in [0.29, 0.717) is 0 Å². The Labute approximate surface area is 162 Å². The predicted octanol–water partition coefficient (Wildman–Crippen LogP) is 5.13. The first-order valence-electron chi connectivity index (χ1n) is 8.67. The zero-order chi connectivity index (χ0) is 18.3. The second kappa shape index (κ2) is 8.47. The molecule has 0 spiro atoms. The SMILES string of the molecule is C(=Cc1ccccc1)CSc1nnc(-c2cccnc2)n1-c1ccccc1. The van der Waals surface area contributed by atoms with E-state index in [1.807, 2.05) is 54.7 Å². The van der Waals surface area contributed by atoms with Crippen LogP contribution in [0.1, 0.15) is 5.56 Å². The van der Waals surface area contributed by atoms with Crippen LogP contribution in [0.4, 0.5) is 0 Å². The standard InChI is InChI=1S/C22H18N4S/c1-3-9-18(10-4-1)11-8-16-27-22-25-24-21(19-12-7-15-23-17-19)26(22)20-13-5-2-6-14-20/h1-15,17H,16H2. The van der Waals surface area contributed by atoms with Gasteiger partial charge in [0, 0.05) is 29.4 Å². The maximum absolute atomic E-state index is 4.43. The van der Waals surface area contributed by atoms with Crippen LogP contribution in [0, 0.1) is 0 Å². The Morgan fingerprint density at radius 1 is 0.852 bits per heavy atom. The van der Waals surface area contributed by atoms with Crippen molar-refractivity contribution < 1.29 is 0 Å². The van der Waals surface area contributed by atoms with Crippen LogP contribution in [-0.2, 0) is 0 Å². The summed E-state index contributed by atoms with van der Waals surface area (Å²) in [6.45, 7) is 0. The summed E-state index contributed by atoms with van der Waals surface area (Å²) in [5.74, 6) is 1.61. The van der Waals surface area contributed by atoms with Gasteiger partial charge < -0.3 is 0 Å². The molecule has 4 aromatic rings. The quantitative estimate of drug-likeness (QED) is 0.441. The molecule has 0 atom stereocenters. The number of para-hydroxylation sites is 1. The van der Waals surface area contributed by atoms with Gasteiger partial charge in [0.1, 0.15) is 0 Å². The van der Waals surface area contributed by atoms with Crippen molar-refractivity contribution in [3.8, 4) is 17.1 Å². The summed E-state index contributed by atoms with van der Waals surface area (Å²) in [5, 5.41) is 9.71. The Balaban J connectivity index is 1.61. The van der Waals surface area contributed by atoms with E-state index in [4.69, 9.17) is 0 Å². The van der Waals surface area contributed by atoms with Gasteiger partial charge in [-0.2, -0.15) is 0 Å². The molecule has 5 heteroatoms. The van der Waals surface area contributed by atoms with Crippen molar-refractivity contribution in [2.24, 2.45) is 0 Å². The molecule has 0 saturated heterocycles. The normalized spacial score (nSPS) is 11.1. The molecule has 0 N–H and O–H groups in total. The van der Waals surface area contributed by atoms with Crippen LogP contribution in [0.3, 0.4) is 0 Å². The molecular formula is C22H18N4S. The first-order chi connectivity index (χ1) is 13.4. The molecule has 0 radical (unpaired) electrons. The third kappa shape index (κ3) is 4.15. The highest BCUT2D eigenvalue weighted by molar-refractivity contribution is 7.99. The highest BCUT2D eigenvalue weighted by atomic mass is 32.2. The minimum absolute atomic E-state index is 0.795. The van der Waals surface area contributed by atoms with Crippen LogP contribution >= 0.6 is 11.8 Å². The highest BCUT2D eigenvalue weighted by Gasteiger charge is 2.15. The minimum atomic E-state index is 0.795. The van der Waals surface area contributed by atoms with Gasteiger partial charge in [0.05, 0.1) is 0 Å². The van der Waals surface area contributed by atoms with Crippen molar-refractivity contribution in [2.45, 2.75) is 5.16 Å². The number of aromatic nitrogens is 4. The van der Waals surface area contributed by atoms with Crippen LogP contribution in [-0.4, -0.2) is 25.5 Å². The fourth-order valence-electron chi connectivity index (χ4n) is 2.73. The zero-order valence-corrected chi connectivity index (χ0v) is 15.5. The van der Waals surface area contributed by atoms with Crippen molar-refractivity contribution in [1.29, 1.82) is 0 Å². The number of thioether (sulfide) groups is 1. The molecule has 132 valence electrons. The smallest absolute Gasteiger partial charge is 0.196 e. The zero-order valence-electron chi connectivity index (χ0n) is 14.6. The van der Waals surface area contributed by atoms with E-state index in [1.54, 1.807) is 18.0 Å². The Morgan fingerprint density at radius 3 is 2.37 bits per heavy atom. The van der Waals surface area contributed by atoms with Gasteiger partial charge in [0.25, 0.3) is 0 Å². The Hall–Kier alpha value is -3.18. The van der Waals surface area contributed by atoms with E-state index in [-0.39, 0.29) is 0 Å². The first-order valence-corrected chi connectivity index (χ1v) is 9.66. The molecule has 0 aliphatic heterocycles. The summed E-state index contributed by atoms with van der Waals surface area (Å²) in [5.41, 5.74) is 3.18. The monoisotopic (exact) mass is 370 g/mol. The molecule has 4 rings (SSSR count). The molecule has 2 aromatic heterocycles. The van der Waals surface area contributed by atoms with Gasteiger partial charge in [0.2, 0.25) is 0 Å². The largest absolute Gasteiger partial charge is 0.270 e. The fraction of sp³-hybridized carbons (Fsp3) is 0.0455. The highest BCUT2D eigenvalue weighted by Crippen LogP contribution is 2.27. The predicted molar refractivity (Wildman–Crippen MR) is 111 cm³/mol. The summed E-state index contributed by atoms with van der Waals surface area (Å²) in [6.07, 6.45) is 7.84. The van der Waals surface area contributed by atoms with Crippen LogP contribution in [0.15, 0.2) is 96.4 Å². The molecule has 0 fully saturated rings. The number of rotatable bonds is 6. The molecule has 2 heterocycles. The van der Waals surface area contributed by atoms with Gasteiger partial charge in [-0.05, 0) is 29.8 Å². The van der Waals surface area contributed by atoms with Crippen molar-refractivity contribution >= 4 is 17.8 Å². The van der Waals surface area contributed by atoms with Crippen LogP contribution < -0.4 is 0 Å². The maximum Gasteiger partial charge on any atom is 0.196 e. The van der Waals surface area contributed by atoms with Crippen LogP contribution in [0.25, 0.3) is 23.2 Å². The van der Waals surface area contributed by atoms with Gasteiger partial charge >= 0.3 is 0 Å². The summed E-state index contributed by atoms with van der Waals surface area (Å²) in [6, 6.07) is 24.4. The molecule has 0 aliphatic carbocycles. The van der Waals surface area contributed by atoms with Crippen molar-refractivity contribution in [2.75, 3.05) is 5.75 Å². The third-order valence-corrected chi connectivity index (χ3v) is 4.87. The summed E-state index contributed by atoms with van der Waals surface area (Å²) in [7, 11) is 0. The van der Waals surface area contributed by atoms with Gasteiger partial charge in [-0.15, -0.1) is 10.2 Å². The lowest BCUT2D eigenvalue weighted by atomic mass is 10.2. The van der Waals surface area contributed by atoms with E-state index in [0.717, 1.165) is 28.0 Å². The Kier molecular flexibility index (Phi) is 5.41. The van der Waals surface area contributed by atoms with Gasteiger partial charge in [0.15, 0.2) is 11.0 Å². The molecule has 0 aliphatic rings. The van der Waals surface area contributed by atoms with Crippen molar-refractivity contribution in [1.82, 2.24) is 19.7 Å². The molecule has 27 heavy (non-hydrogen) atoms. The second-order valence-electron chi connectivity index (χ2n) is 5.84. The van der Waals surface area contributed by atoms with Crippen LogP contribution in [0.5, 0.6) is 0 Å². The Morgan fingerprint density at radius 2 is 1.63 bits per heavy atom. The van der Waals surface area contributed by atoms with E-state index < -0.39 is 0 Å². The molecule has 2 aromatic carbocycles. The number of hydrogen-bond donors (Lipinski definition) is 0. The number of pyridine rings is 1. The molecule has 4 nitrogen and oxygen atoms in total. The summed E-state index contributed by atoms with van der Waals surface area (Å²) >= 11 is 1.66. The van der Waals surface area contributed by atoms with Gasteiger partial charge in [-0.25, -0.2) is 0 Å². The molecule has 0 bridgehead atoms.